The topological polar surface area (TPSA) is 50.2 Å². The summed E-state index contributed by atoms with van der Waals surface area (Å²) in [5.74, 6) is 0.297. The molecule has 4 rings (SSSR count). The number of likely N-dealkylation sites (tertiary alicyclic amines) is 1. The van der Waals surface area contributed by atoms with Crippen LogP contribution in [0.3, 0.4) is 0 Å². The first kappa shape index (κ1) is 16.3. The van der Waals surface area contributed by atoms with E-state index in [9.17, 15) is 9.18 Å². The summed E-state index contributed by atoms with van der Waals surface area (Å²) in [6.07, 6.45) is 1.57. The van der Waals surface area contributed by atoms with Gasteiger partial charge in [-0.3, -0.25) is 9.69 Å². The van der Waals surface area contributed by atoms with Crippen molar-refractivity contribution in [3.05, 3.63) is 47.0 Å². The number of hydrogen-bond donors (Lipinski definition) is 1. The van der Waals surface area contributed by atoms with E-state index in [0.717, 1.165) is 42.1 Å². The Hall–Kier alpha value is -2.21. The van der Waals surface area contributed by atoms with Crippen molar-refractivity contribution in [2.24, 2.45) is 5.92 Å². The normalized spacial score (nSPS) is 23.6. The minimum atomic E-state index is -0.229. The number of fused-ring (bicyclic) bond motifs is 1. The van der Waals surface area contributed by atoms with Crippen LogP contribution in [0.1, 0.15) is 29.8 Å². The van der Waals surface area contributed by atoms with E-state index in [1.54, 1.807) is 12.1 Å². The van der Waals surface area contributed by atoms with Gasteiger partial charge in [0.1, 0.15) is 5.82 Å². The van der Waals surface area contributed by atoms with Crippen LogP contribution < -0.4 is 5.32 Å². The molecule has 3 heterocycles. The number of amides is 1. The van der Waals surface area contributed by atoms with Gasteiger partial charge >= 0.3 is 0 Å². The molecule has 2 aliphatic heterocycles. The van der Waals surface area contributed by atoms with Crippen LogP contribution in [0.2, 0.25) is 0 Å². The van der Waals surface area contributed by atoms with Crippen molar-refractivity contribution in [3.8, 4) is 5.69 Å². The fraction of sp³-hybridized carbons (Fsp3) is 0.474. The number of piperidine rings is 1. The van der Waals surface area contributed by atoms with Gasteiger partial charge in [-0.25, -0.2) is 9.07 Å². The molecule has 0 radical (unpaired) electrons. The van der Waals surface area contributed by atoms with Gasteiger partial charge in [-0.2, -0.15) is 5.10 Å². The lowest BCUT2D eigenvalue weighted by molar-refractivity contribution is -0.119. The minimum Gasteiger partial charge on any atom is -0.353 e. The van der Waals surface area contributed by atoms with Gasteiger partial charge in [0.05, 0.1) is 11.4 Å². The highest BCUT2D eigenvalue weighted by Crippen LogP contribution is 2.28. The van der Waals surface area contributed by atoms with Gasteiger partial charge in [-0.05, 0) is 50.1 Å². The van der Waals surface area contributed by atoms with Crippen molar-refractivity contribution in [1.29, 1.82) is 0 Å². The third kappa shape index (κ3) is 3.18. The molecule has 1 aromatic carbocycles. The SMILES string of the molecule is Cc1cc(C)n(-c2ccc(F)cc2CN2CC[C@@H]3NC(=O)C[C@@H]3C2)n1. The Bertz CT molecular complexity index is 816. The Morgan fingerprint density at radius 2 is 2.16 bits per heavy atom. The Morgan fingerprint density at radius 1 is 1.32 bits per heavy atom. The summed E-state index contributed by atoms with van der Waals surface area (Å²) in [6, 6.07) is 7.23. The quantitative estimate of drug-likeness (QED) is 0.931. The lowest BCUT2D eigenvalue weighted by atomic mass is 9.93. The highest BCUT2D eigenvalue weighted by molar-refractivity contribution is 5.79. The molecule has 2 aromatic rings. The van der Waals surface area contributed by atoms with Gasteiger partial charge in [-0.15, -0.1) is 0 Å². The van der Waals surface area contributed by atoms with E-state index in [1.807, 2.05) is 24.6 Å². The van der Waals surface area contributed by atoms with Crippen molar-refractivity contribution in [2.75, 3.05) is 13.1 Å². The van der Waals surface area contributed by atoms with Crippen LogP contribution in [-0.4, -0.2) is 39.7 Å². The number of carbonyl (C=O) groups is 1. The van der Waals surface area contributed by atoms with Crippen LogP contribution in [0, 0.1) is 25.6 Å². The number of halogens is 1. The molecule has 5 nitrogen and oxygen atoms in total. The Labute approximate surface area is 146 Å². The molecule has 132 valence electrons. The molecule has 2 atom stereocenters. The van der Waals surface area contributed by atoms with Gasteiger partial charge in [0, 0.05) is 43.7 Å². The standard InChI is InChI=1S/C19H23FN4O/c1-12-7-13(2)24(22-12)18-4-3-16(20)8-15(18)11-23-6-5-17-14(10-23)9-19(25)21-17/h3-4,7-8,14,17H,5-6,9-11H2,1-2H3,(H,21,25)/t14-,17+/m1/s1. The van der Waals surface area contributed by atoms with Crippen LogP contribution in [0.25, 0.3) is 5.69 Å². The summed E-state index contributed by atoms with van der Waals surface area (Å²) in [7, 11) is 0. The fourth-order valence-electron chi connectivity index (χ4n) is 4.15. The molecule has 1 amide bonds. The lowest BCUT2D eigenvalue weighted by Gasteiger charge is -2.34. The second-order valence-corrected chi connectivity index (χ2v) is 7.27. The summed E-state index contributed by atoms with van der Waals surface area (Å²) >= 11 is 0. The van der Waals surface area contributed by atoms with Gasteiger partial charge in [-0.1, -0.05) is 0 Å². The number of rotatable bonds is 3. The third-order valence-electron chi connectivity index (χ3n) is 5.29. The van der Waals surface area contributed by atoms with E-state index in [0.29, 0.717) is 24.9 Å². The third-order valence-corrected chi connectivity index (χ3v) is 5.29. The number of nitrogens with one attached hydrogen (secondary N) is 1. The van der Waals surface area contributed by atoms with Crippen molar-refractivity contribution in [3.63, 3.8) is 0 Å². The van der Waals surface area contributed by atoms with Gasteiger partial charge in [0.2, 0.25) is 5.91 Å². The van der Waals surface area contributed by atoms with E-state index in [4.69, 9.17) is 0 Å². The van der Waals surface area contributed by atoms with Crippen LogP contribution in [0.4, 0.5) is 4.39 Å². The van der Waals surface area contributed by atoms with Crippen LogP contribution >= 0.6 is 0 Å². The van der Waals surface area contributed by atoms with Gasteiger partial charge in [0.15, 0.2) is 0 Å². The van der Waals surface area contributed by atoms with E-state index in [2.05, 4.69) is 15.3 Å². The smallest absolute Gasteiger partial charge is 0.220 e. The van der Waals surface area contributed by atoms with E-state index < -0.39 is 0 Å². The van der Waals surface area contributed by atoms with Crippen molar-refractivity contribution in [2.45, 2.75) is 39.3 Å². The van der Waals surface area contributed by atoms with Crippen LogP contribution in [0.15, 0.2) is 24.3 Å². The van der Waals surface area contributed by atoms with E-state index in [-0.39, 0.29) is 11.7 Å². The van der Waals surface area contributed by atoms with Gasteiger partial charge < -0.3 is 5.32 Å². The Kier molecular flexibility index (Phi) is 4.07. The predicted octanol–water partition coefficient (Wildman–Crippen LogP) is 2.34. The molecule has 0 saturated carbocycles. The summed E-state index contributed by atoms with van der Waals surface area (Å²) < 4.78 is 15.8. The molecule has 1 N–H and O–H groups in total. The van der Waals surface area contributed by atoms with Crippen LogP contribution in [-0.2, 0) is 11.3 Å². The molecule has 0 unspecified atom stereocenters. The molecular weight excluding hydrogens is 319 g/mol. The zero-order chi connectivity index (χ0) is 17.6. The highest BCUT2D eigenvalue weighted by Gasteiger charge is 2.36. The maximum Gasteiger partial charge on any atom is 0.220 e. The lowest BCUT2D eigenvalue weighted by Crippen LogP contribution is -2.44. The molecule has 2 aliphatic rings. The number of hydrogen-bond acceptors (Lipinski definition) is 3. The molecule has 25 heavy (non-hydrogen) atoms. The first-order chi connectivity index (χ1) is 12.0. The number of carbonyl (C=O) groups excluding carboxylic acids is 1. The summed E-state index contributed by atoms with van der Waals surface area (Å²) in [6.45, 7) is 6.42. The van der Waals surface area contributed by atoms with E-state index >= 15 is 0 Å². The Morgan fingerprint density at radius 3 is 2.92 bits per heavy atom. The summed E-state index contributed by atoms with van der Waals surface area (Å²) in [5.41, 5.74) is 3.84. The number of nitrogens with zero attached hydrogens (tertiary/aromatic N) is 3. The van der Waals surface area contributed by atoms with Gasteiger partial charge in [0.25, 0.3) is 0 Å². The van der Waals surface area contributed by atoms with Crippen molar-refractivity contribution in [1.82, 2.24) is 20.0 Å². The zero-order valence-electron chi connectivity index (χ0n) is 14.6. The molecule has 6 heteroatoms. The molecule has 2 fully saturated rings. The maximum absolute atomic E-state index is 13.9. The summed E-state index contributed by atoms with van der Waals surface area (Å²) in [5, 5.41) is 7.61. The molecule has 2 saturated heterocycles. The predicted molar refractivity (Wildman–Crippen MR) is 92.9 cm³/mol. The second-order valence-electron chi connectivity index (χ2n) is 7.27. The fourth-order valence-corrected chi connectivity index (χ4v) is 4.15. The highest BCUT2D eigenvalue weighted by atomic mass is 19.1. The second kappa shape index (κ2) is 6.26. The van der Waals surface area contributed by atoms with Crippen molar-refractivity contribution >= 4 is 5.91 Å². The van der Waals surface area contributed by atoms with E-state index in [1.165, 1.54) is 6.07 Å². The molecule has 0 aliphatic carbocycles. The minimum absolute atomic E-state index is 0.158. The van der Waals surface area contributed by atoms with Crippen LogP contribution in [0.5, 0.6) is 0 Å². The monoisotopic (exact) mass is 342 g/mol. The number of benzene rings is 1. The molecule has 0 spiro atoms. The first-order valence-corrected chi connectivity index (χ1v) is 8.83. The Balaban J connectivity index is 1.59. The zero-order valence-corrected chi connectivity index (χ0v) is 14.6. The average Bonchev–Trinajstić information content (AvgIpc) is 3.08. The summed E-state index contributed by atoms with van der Waals surface area (Å²) in [4.78, 5) is 13.9. The molecule has 0 bridgehead atoms. The molecule has 1 aromatic heterocycles. The largest absolute Gasteiger partial charge is 0.353 e. The number of aromatic nitrogens is 2. The number of aryl methyl sites for hydroxylation is 2. The van der Waals surface area contributed by atoms with Crippen molar-refractivity contribution < 1.29 is 9.18 Å². The maximum atomic E-state index is 13.9. The first-order valence-electron chi connectivity index (χ1n) is 8.83. The average molecular weight is 342 g/mol. The molecular formula is C19H23FN4O.